The van der Waals surface area contributed by atoms with Crippen LogP contribution in [0.2, 0.25) is 5.02 Å². The van der Waals surface area contributed by atoms with E-state index in [0.717, 1.165) is 11.8 Å². The number of amides is 1. The summed E-state index contributed by atoms with van der Waals surface area (Å²) >= 11 is 6.17. The fourth-order valence-corrected chi connectivity index (χ4v) is 2.99. The topological polar surface area (TPSA) is 75.3 Å². The molecule has 1 aromatic rings. The van der Waals surface area contributed by atoms with Crippen molar-refractivity contribution in [2.75, 3.05) is 6.26 Å². The van der Waals surface area contributed by atoms with Crippen LogP contribution in [0.15, 0.2) is 24.3 Å². The Balaban J connectivity index is 2.90. The van der Waals surface area contributed by atoms with Crippen LogP contribution in [0, 0.1) is 5.92 Å². The van der Waals surface area contributed by atoms with Crippen molar-refractivity contribution in [3.8, 4) is 0 Å². The SMILES string of the molecule is CC(C)[C@@H](NC(=O)[C@@H](C)NS(C)(=O)=O)c1ccccc1Cl. The van der Waals surface area contributed by atoms with Crippen molar-refractivity contribution >= 4 is 27.5 Å². The van der Waals surface area contributed by atoms with Crippen LogP contribution < -0.4 is 10.0 Å². The molecule has 0 aliphatic carbocycles. The van der Waals surface area contributed by atoms with Crippen molar-refractivity contribution in [2.24, 2.45) is 5.92 Å². The van der Waals surface area contributed by atoms with Gasteiger partial charge >= 0.3 is 0 Å². The molecule has 0 saturated carbocycles. The molecule has 0 saturated heterocycles. The number of hydrogen-bond donors (Lipinski definition) is 2. The molecular formula is C14H21ClN2O3S. The van der Waals surface area contributed by atoms with Crippen LogP contribution in [0.5, 0.6) is 0 Å². The maximum absolute atomic E-state index is 12.1. The molecule has 0 aliphatic heterocycles. The lowest BCUT2D eigenvalue weighted by Gasteiger charge is -2.25. The van der Waals surface area contributed by atoms with Crippen LogP contribution in [0.4, 0.5) is 0 Å². The first-order chi connectivity index (χ1) is 9.61. The minimum Gasteiger partial charge on any atom is -0.348 e. The molecule has 118 valence electrons. The predicted molar refractivity (Wildman–Crippen MR) is 84.6 cm³/mol. The van der Waals surface area contributed by atoms with Gasteiger partial charge in [-0.2, -0.15) is 0 Å². The lowest BCUT2D eigenvalue weighted by atomic mass is 9.95. The molecule has 21 heavy (non-hydrogen) atoms. The van der Waals surface area contributed by atoms with Crippen LogP contribution in [0.1, 0.15) is 32.4 Å². The van der Waals surface area contributed by atoms with Gasteiger partial charge < -0.3 is 5.32 Å². The van der Waals surface area contributed by atoms with Gasteiger partial charge in [-0.3, -0.25) is 4.79 Å². The molecule has 2 N–H and O–H groups in total. The summed E-state index contributed by atoms with van der Waals surface area (Å²) in [5.74, 6) is -0.279. The first-order valence-corrected chi connectivity index (χ1v) is 8.91. The maximum atomic E-state index is 12.1. The van der Waals surface area contributed by atoms with E-state index < -0.39 is 16.1 Å². The van der Waals surface area contributed by atoms with E-state index in [1.165, 1.54) is 6.92 Å². The van der Waals surface area contributed by atoms with Gasteiger partial charge in [0.1, 0.15) is 0 Å². The van der Waals surface area contributed by atoms with Crippen molar-refractivity contribution < 1.29 is 13.2 Å². The fraction of sp³-hybridized carbons (Fsp3) is 0.500. The number of sulfonamides is 1. The summed E-state index contributed by atoms with van der Waals surface area (Å²) in [6.07, 6.45) is 1.02. The Kier molecular flexibility index (Phi) is 6.19. The van der Waals surface area contributed by atoms with Gasteiger partial charge in [0, 0.05) is 5.02 Å². The molecular weight excluding hydrogens is 312 g/mol. The van der Waals surface area contributed by atoms with Crippen LogP contribution in [-0.2, 0) is 14.8 Å². The number of carbonyl (C=O) groups excluding carboxylic acids is 1. The van der Waals surface area contributed by atoms with Gasteiger partial charge in [-0.15, -0.1) is 0 Å². The zero-order chi connectivity index (χ0) is 16.2. The molecule has 1 rings (SSSR count). The van der Waals surface area contributed by atoms with Gasteiger partial charge in [-0.05, 0) is 24.5 Å². The quantitative estimate of drug-likeness (QED) is 0.837. The highest BCUT2D eigenvalue weighted by molar-refractivity contribution is 7.88. The molecule has 0 fully saturated rings. The van der Waals surface area contributed by atoms with Crippen molar-refractivity contribution in [3.63, 3.8) is 0 Å². The Hall–Kier alpha value is -1.11. The second kappa shape index (κ2) is 7.24. The van der Waals surface area contributed by atoms with Gasteiger partial charge in [-0.1, -0.05) is 43.6 Å². The first-order valence-electron chi connectivity index (χ1n) is 6.64. The zero-order valence-corrected chi connectivity index (χ0v) is 14.1. The molecule has 0 aliphatic rings. The maximum Gasteiger partial charge on any atom is 0.238 e. The number of hydrogen-bond acceptors (Lipinski definition) is 3. The number of benzene rings is 1. The van der Waals surface area contributed by atoms with E-state index in [1.807, 2.05) is 32.0 Å². The molecule has 0 unspecified atom stereocenters. The number of halogens is 1. The summed E-state index contributed by atoms with van der Waals surface area (Å²) in [5, 5.41) is 3.42. The van der Waals surface area contributed by atoms with Crippen molar-refractivity contribution in [1.29, 1.82) is 0 Å². The lowest BCUT2D eigenvalue weighted by molar-refractivity contribution is -0.123. The Morgan fingerprint density at radius 3 is 2.24 bits per heavy atom. The third-order valence-electron chi connectivity index (χ3n) is 2.99. The Bertz CT molecular complexity index is 602. The average Bonchev–Trinajstić information content (AvgIpc) is 2.34. The van der Waals surface area contributed by atoms with Crippen LogP contribution in [0.3, 0.4) is 0 Å². The molecule has 7 heteroatoms. The van der Waals surface area contributed by atoms with E-state index in [9.17, 15) is 13.2 Å². The zero-order valence-electron chi connectivity index (χ0n) is 12.6. The van der Waals surface area contributed by atoms with E-state index >= 15 is 0 Å². The van der Waals surface area contributed by atoms with Crippen molar-refractivity contribution in [1.82, 2.24) is 10.0 Å². The van der Waals surface area contributed by atoms with E-state index in [4.69, 9.17) is 11.6 Å². The Morgan fingerprint density at radius 2 is 1.76 bits per heavy atom. The second-order valence-corrected chi connectivity index (χ2v) is 7.55. The van der Waals surface area contributed by atoms with E-state index in [2.05, 4.69) is 10.0 Å². The number of nitrogens with one attached hydrogen (secondary N) is 2. The molecule has 5 nitrogen and oxygen atoms in total. The van der Waals surface area contributed by atoms with Crippen LogP contribution in [0.25, 0.3) is 0 Å². The molecule has 0 heterocycles. The molecule has 0 bridgehead atoms. The van der Waals surface area contributed by atoms with Gasteiger partial charge in [0.25, 0.3) is 0 Å². The van der Waals surface area contributed by atoms with Crippen molar-refractivity contribution in [3.05, 3.63) is 34.9 Å². The van der Waals surface area contributed by atoms with Gasteiger partial charge in [0.05, 0.1) is 18.3 Å². The summed E-state index contributed by atoms with van der Waals surface area (Å²) in [4.78, 5) is 12.1. The molecule has 1 aromatic carbocycles. The third-order valence-corrected chi connectivity index (χ3v) is 4.11. The van der Waals surface area contributed by atoms with E-state index in [1.54, 1.807) is 6.07 Å². The average molecular weight is 333 g/mol. The van der Waals surface area contributed by atoms with E-state index in [0.29, 0.717) is 5.02 Å². The van der Waals surface area contributed by atoms with Gasteiger partial charge in [-0.25, -0.2) is 13.1 Å². The molecule has 2 atom stereocenters. The largest absolute Gasteiger partial charge is 0.348 e. The molecule has 0 radical (unpaired) electrons. The summed E-state index contributed by atoms with van der Waals surface area (Å²) in [7, 11) is -3.43. The summed E-state index contributed by atoms with van der Waals surface area (Å²) in [5.41, 5.74) is 0.814. The highest BCUT2D eigenvalue weighted by atomic mass is 35.5. The van der Waals surface area contributed by atoms with Crippen LogP contribution in [-0.4, -0.2) is 26.6 Å². The fourth-order valence-electron chi connectivity index (χ4n) is 1.98. The van der Waals surface area contributed by atoms with Gasteiger partial charge in [0.2, 0.25) is 15.9 Å². The smallest absolute Gasteiger partial charge is 0.238 e. The van der Waals surface area contributed by atoms with E-state index in [-0.39, 0.29) is 17.9 Å². The highest BCUT2D eigenvalue weighted by Gasteiger charge is 2.24. The summed E-state index contributed by atoms with van der Waals surface area (Å²) < 4.78 is 24.6. The molecule has 1 amide bonds. The van der Waals surface area contributed by atoms with Gasteiger partial charge in [0.15, 0.2) is 0 Å². The standard InChI is InChI=1S/C14H21ClN2O3S/c1-9(2)13(11-7-5-6-8-12(11)15)16-14(18)10(3)17-21(4,19)20/h5-10,13,17H,1-4H3,(H,16,18)/t10-,13-/m1/s1. The highest BCUT2D eigenvalue weighted by Crippen LogP contribution is 2.28. The Morgan fingerprint density at radius 1 is 1.19 bits per heavy atom. The number of rotatable bonds is 6. The second-order valence-electron chi connectivity index (χ2n) is 5.36. The summed E-state index contributed by atoms with van der Waals surface area (Å²) in [6, 6.07) is 6.15. The minimum absolute atomic E-state index is 0.110. The number of carbonyl (C=O) groups is 1. The predicted octanol–water partition coefficient (Wildman–Crippen LogP) is 2.09. The first kappa shape index (κ1) is 17.9. The lowest BCUT2D eigenvalue weighted by Crippen LogP contribution is -2.46. The monoisotopic (exact) mass is 332 g/mol. The third kappa shape index (κ3) is 5.65. The van der Waals surface area contributed by atoms with Crippen molar-refractivity contribution in [2.45, 2.75) is 32.9 Å². The summed E-state index contributed by atoms with van der Waals surface area (Å²) in [6.45, 7) is 5.42. The normalized spacial score (nSPS) is 14.8. The Labute approximate surface area is 131 Å². The minimum atomic E-state index is -3.43. The molecule has 0 aromatic heterocycles. The molecule has 0 spiro atoms. The van der Waals surface area contributed by atoms with Crippen LogP contribution >= 0.6 is 11.6 Å².